The minimum Gasteiger partial charge on any atom is -0.393 e. The summed E-state index contributed by atoms with van der Waals surface area (Å²) < 4.78 is 5.35. The standard InChI is InChI=1S/C8H17BO4/c1-5(9)6-2-7(11)8(12,3-10)4-13-6/h5-7,10-12H,2-4,9H2,1H3/t5-,6?,7?,8+/m1/s1. The summed E-state index contributed by atoms with van der Waals surface area (Å²) in [7, 11) is 2.00. The van der Waals surface area contributed by atoms with Crippen LogP contribution in [-0.2, 0) is 4.74 Å². The summed E-state index contributed by atoms with van der Waals surface area (Å²) in [6.45, 7) is 1.55. The van der Waals surface area contributed by atoms with Gasteiger partial charge in [0.1, 0.15) is 13.4 Å². The summed E-state index contributed by atoms with van der Waals surface area (Å²) >= 11 is 0. The molecule has 0 radical (unpaired) electrons. The van der Waals surface area contributed by atoms with Gasteiger partial charge in [-0.25, -0.2) is 0 Å². The molecular formula is C8H17BO4. The van der Waals surface area contributed by atoms with Gasteiger partial charge in [0.25, 0.3) is 0 Å². The first-order valence-corrected chi connectivity index (χ1v) is 4.62. The Labute approximate surface area is 78.9 Å². The molecule has 1 aliphatic heterocycles. The van der Waals surface area contributed by atoms with Crippen LogP contribution in [0.2, 0.25) is 5.82 Å². The van der Waals surface area contributed by atoms with Gasteiger partial charge in [0.2, 0.25) is 0 Å². The van der Waals surface area contributed by atoms with Crippen molar-refractivity contribution >= 4 is 7.85 Å². The molecule has 2 unspecified atom stereocenters. The van der Waals surface area contributed by atoms with Gasteiger partial charge in [0, 0.05) is 6.42 Å². The molecule has 0 bridgehead atoms. The van der Waals surface area contributed by atoms with Crippen LogP contribution < -0.4 is 0 Å². The van der Waals surface area contributed by atoms with E-state index in [0.29, 0.717) is 12.2 Å². The van der Waals surface area contributed by atoms with Crippen LogP contribution in [0, 0.1) is 0 Å². The molecule has 3 N–H and O–H groups in total. The number of hydrogen-bond donors (Lipinski definition) is 3. The second-order valence-electron chi connectivity index (χ2n) is 4.11. The maximum Gasteiger partial charge on any atom is 0.137 e. The van der Waals surface area contributed by atoms with Crippen molar-refractivity contribution in [2.45, 2.75) is 37.0 Å². The predicted molar refractivity (Wildman–Crippen MR) is 50.4 cm³/mol. The van der Waals surface area contributed by atoms with Crippen molar-refractivity contribution in [3.63, 3.8) is 0 Å². The van der Waals surface area contributed by atoms with Gasteiger partial charge >= 0.3 is 0 Å². The Balaban J connectivity index is 2.56. The quantitative estimate of drug-likeness (QED) is 0.452. The highest BCUT2D eigenvalue weighted by molar-refractivity contribution is 6.11. The molecule has 1 saturated heterocycles. The third-order valence-corrected chi connectivity index (χ3v) is 2.64. The molecule has 0 aromatic carbocycles. The molecule has 0 aromatic heterocycles. The smallest absolute Gasteiger partial charge is 0.137 e. The molecule has 0 aromatic rings. The van der Waals surface area contributed by atoms with Gasteiger partial charge in [-0.15, -0.1) is 0 Å². The number of ether oxygens (including phenoxy) is 1. The average molecular weight is 188 g/mol. The van der Waals surface area contributed by atoms with E-state index in [1.165, 1.54) is 0 Å². The summed E-state index contributed by atoms with van der Waals surface area (Å²) in [5, 5.41) is 28.0. The highest BCUT2D eigenvalue weighted by atomic mass is 16.5. The second kappa shape index (κ2) is 3.96. The van der Waals surface area contributed by atoms with Crippen molar-refractivity contribution in [1.82, 2.24) is 0 Å². The molecule has 0 saturated carbocycles. The van der Waals surface area contributed by atoms with E-state index in [0.717, 1.165) is 0 Å². The highest BCUT2D eigenvalue weighted by Crippen LogP contribution is 2.27. The van der Waals surface area contributed by atoms with Crippen molar-refractivity contribution in [3.05, 3.63) is 0 Å². The van der Waals surface area contributed by atoms with Crippen LogP contribution in [0.25, 0.3) is 0 Å². The zero-order valence-electron chi connectivity index (χ0n) is 8.10. The molecule has 1 aliphatic rings. The zero-order chi connectivity index (χ0) is 10.1. The fourth-order valence-corrected chi connectivity index (χ4v) is 1.47. The molecule has 1 fully saturated rings. The molecular weight excluding hydrogens is 171 g/mol. The summed E-state index contributed by atoms with van der Waals surface area (Å²) in [6.07, 6.45) is -0.533. The van der Waals surface area contributed by atoms with Crippen LogP contribution in [0.4, 0.5) is 0 Å². The number of aliphatic hydroxyl groups is 3. The summed E-state index contributed by atoms with van der Waals surface area (Å²) in [6, 6.07) is 0. The van der Waals surface area contributed by atoms with Gasteiger partial charge in [-0.2, -0.15) is 0 Å². The Morgan fingerprint density at radius 3 is 2.69 bits per heavy atom. The number of aliphatic hydroxyl groups excluding tert-OH is 2. The topological polar surface area (TPSA) is 69.9 Å². The fourth-order valence-electron chi connectivity index (χ4n) is 1.47. The summed E-state index contributed by atoms with van der Waals surface area (Å²) in [5.41, 5.74) is -1.47. The molecule has 4 nitrogen and oxygen atoms in total. The molecule has 5 heteroatoms. The monoisotopic (exact) mass is 188 g/mol. The molecule has 1 rings (SSSR count). The van der Waals surface area contributed by atoms with E-state index >= 15 is 0 Å². The summed E-state index contributed by atoms with van der Waals surface area (Å²) in [4.78, 5) is 0. The van der Waals surface area contributed by atoms with Crippen LogP contribution in [0.5, 0.6) is 0 Å². The maximum atomic E-state index is 9.62. The Bertz CT molecular complexity index is 176. The molecule has 0 aliphatic carbocycles. The highest BCUT2D eigenvalue weighted by Gasteiger charge is 2.42. The van der Waals surface area contributed by atoms with Crippen molar-refractivity contribution in [2.24, 2.45) is 0 Å². The minimum atomic E-state index is -1.47. The first kappa shape index (κ1) is 11.0. The van der Waals surface area contributed by atoms with Gasteiger partial charge in [0.15, 0.2) is 0 Å². The third kappa shape index (κ3) is 2.23. The van der Waals surface area contributed by atoms with E-state index in [4.69, 9.17) is 9.84 Å². The van der Waals surface area contributed by atoms with E-state index in [-0.39, 0.29) is 12.7 Å². The maximum absolute atomic E-state index is 9.62. The Morgan fingerprint density at radius 2 is 2.31 bits per heavy atom. The van der Waals surface area contributed by atoms with E-state index in [2.05, 4.69) is 0 Å². The number of hydrogen-bond acceptors (Lipinski definition) is 4. The van der Waals surface area contributed by atoms with Gasteiger partial charge in [-0.1, -0.05) is 6.92 Å². The van der Waals surface area contributed by atoms with E-state index < -0.39 is 18.3 Å². The molecule has 13 heavy (non-hydrogen) atoms. The lowest BCUT2D eigenvalue weighted by Crippen LogP contribution is -2.55. The SMILES string of the molecule is B[C@H](C)C1CC(O)[C@](O)(CO)CO1. The largest absolute Gasteiger partial charge is 0.393 e. The van der Waals surface area contributed by atoms with Crippen LogP contribution in [0.15, 0.2) is 0 Å². The van der Waals surface area contributed by atoms with Gasteiger partial charge < -0.3 is 20.1 Å². The second-order valence-corrected chi connectivity index (χ2v) is 4.11. The molecule has 4 atom stereocenters. The van der Waals surface area contributed by atoms with Crippen LogP contribution >= 0.6 is 0 Å². The van der Waals surface area contributed by atoms with Crippen molar-refractivity contribution in [2.75, 3.05) is 13.2 Å². The van der Waals surface area contributed by atoms with Crippen molar-refractivity contribution < 1.29 is 20.1 Å². The van der Waals surface area contributed by atoms with E-state index in [1.807, 2.05) is 14.8 Å². The lowest BCUT2D eigenvalue weighted by molar-refractivity contribution is -0.198. The van der Waals surface area contributed by atoms with Crippen LogP contribution in [0.1, 0.15) is 13.3 Å². The normalized spacial score (nSPS) is 43.1. The van der Waals surface area contributed by atoms with Gasteiger partial charge in [-0.3, -0.25) is 0 Å². The van der Waals surface area contributed by atoms with Crippen molar-refractivity contribution in [3.8, 4) is 0 Å². The first-order chi connectivity index (χ1) is 5.99. The molecule has 0 amide bonds. The lowest BCUT2D eigenvalue weighted by Gasteiger charge is -2.40. The third-order valence-electron chi connectivity index (χ3n) is 2.64. The molecule has 0 spiro atoms. The Kier molecular flexibility index (Phi) is 3.35. The minimum absolute atomic E-state index is 0.00745. The first-order valence-electron chi connectivity index (χ1n) is 4.62. The average Bonchev–Trinajstić information content (AvgIpc) is 2.09. The number of rotatable bonds is 2. The Hall–Kier alpha value is -0.0951. The fraction of sp³-hybridized carbons (Fsp3) is 1.00. The predicted octanol–water partition coefficient (Wildman–Crippen LogP) is -1.70. The summed E-state index contributed by atoms with van der Waals surface area (Å²) in [5.74, 6) is 0.317. The Morgan fingerprint density at radius 1 is 1.69 bits per heavy atom. The van der Waals surface area contributed by atoms with Crippen molar-refractivity contribution in [1.29, 1.82) is 0 Å². The lowest BCUT2D eigenvalue weighted by atomic mass is 9.78. The zero-order valence-corrected chi connectivity index (χ0v) is 8.10. The van der Waals surface area contributed by atoms with E-state index in [9.17, 15) is 10.2 Å². The van der Waals surface area contributed by atoms with Crippen LogP contribution in [-0.4, -0.2) is 54.2 Å². The van der Waals surface area contributed by atoms with E-state index in [1.54, 1.807) is 0 Å². The van der Waals surface area contributed by atoms with Gasteiger partial charge in [-0.05, 0) is 5.82 Å². The van der Waals surface area contributed by atoms with Gasteiger partial charge in [0.05, 0.1) is 25.4 Å². The molecule has 76 valence electrons. The molecule has 1 heterocycles. The van der Waals surface area contributed by atoms with Crippen LogP contribution in [0.3, 0.4) is 0 Å².